The molecule has 29 heavy (non-hydrogen) atoms. The number of aliphatic hydroxyl groups excluding tert-OH is 1. The number of hydrogen-bond acceptors (Lipinski definition) is 5. The summed E-state index contributed by atoms with van der Waals surface area (Å²) >= 11 is 0. The van der Waals surface area contributed by atoms with E-state index in [0.717, 1.165) is 10.6 Å². The van der Waals surface area contributed by atoms with E-state index in [0.29, 0.717) is 26.2 Å². The van der Waals surface area contributed by atoms with Crippen molar-refractivity contribution in [1.29, 1.82) is 0 Å². The van der Waals surface area contributed by atoms with E-state index in [2.05, 4.69) is 4.90 Å². The molecular weight excluding hydrogens is 378 g/mol. The molecule has 2 aliphatic heterocycles. The average molecular weight is 405 g/mol. The zero-order valence-electron chi connectivity index (χ0n) is 16.6. The number of aliphatic carboxylic acids is 1. The first kappa shape index (κ1) is 20.9. The molecule has 0 unspecified atom stereocenters. The normalized spacial score (nSPS) is 30.2. The fourth-order valence-electron chi connectivity index (χ4n) is 4.46. The van der Waals surface area contributed by atoms with E-state index in [1.165, 1.54) is 18.7 Å². The Morgan fingerprint density at radius 3 is 2.10 bits per heavy atom. The number of aliphatic hydroxyl groups is 1. The molecule has 158 valence electrons. The minimum absolute atomic E-state index is 0.196. The summed E-state index contributed by atoms with van der Waals surface area (Å²) in [6, 6.07) is 9.76. The highest BCUT2D eigenvalue weighted by Crippen LogP contribution is 2.46. The Bertz CT molecular complexity index is 795. The first-order valence-electron chi connectivity index (χ1n) is 9.62. The quantitative estimate of drug-likeness (QED) is 0.684. The Morgan fingerprint density at radius 1 is 1.00 bits per heavy atom. The van der Waals surface area contributed by atoms with Crippen LogP contribution in [0.4, 0.5) is 10.5 Å². The minimum atomic E-state index is -1.82. The number of rotatable bonds is 3. The summed E-state index contributed by atoms with van der Waals surface area (Å²) in [4.78, 5) is 42.0. The smallest absolute Gasteiger partial charge is 0.408 e. The number of para-hydroxylation sites is 1. The van der Waals surface area contributed by atoms with Crippen molar-refractivity contribution in [3.8, 4) is 0 Å². The van der Waals surface area contributed by atoms with Gasteiger partial charge in [0.25, 0.3) is 0 Å². The number of β-amino-alcohol motifs (C(OH)–C–C–N with tert-alkyl or cyclic N) is 1. The molecule has 2 amide bonds. The third-order valence-electron chi connectivity index (χ3n) is 6.46. The van der Waals surface area contributed by atoms with Gasteiger partial charge in [0.05, 0.1) is 18.1 Å². The summed E-state index contributed by atoms with van der Waals surface area (Å²) in [5, 5.41) is 29.7. The molecule has 2 saturated heterocycles. The van der Waals surface area contributed by atoms with E-state index in [-0.39, 0.29) is 13.0 Å². The van der Waals surface area contributed by atoms with Gasteiger partial charge in [-0.1, -0.05) is 18.2 Å². The van der Waals surface area contributed by atoms with Crippen LogP contribution in [0.2, 0.25) is 0 Å². The molecule has 3 atom stereocenters. The van der Waals surface area contributed by atoms with Crippen LogP contribution >= 0.6 is 0 Å². The fraction of sp³-hybridized carbons (Fsp3) is 0.550. The Balaban J connectivity index is 1.86. The van der Waals surface area contributed by atoms with Crippen molar-refractivity contribution in [3.05, 3.63) is 30.3 Å². The molecule has 2 aliphatic rings. The average Bonchev–Trinajstić information content (AvgIpc) is 2.70. The summed E-state index contributed by atoms with van der Waals surface area (Å²) in [5.41, 5.74) is -2.54. The first-order chi connectivity index (χ1) is 13.6. The lowest BCUT2D eigenvalue weighted by molar-refractivity contribution is -0.180. The van der Waals surface area contributed by atoms with E-state index < -0.39 is 35.0 Å². The molecule has 3 N–H and O–H groups in total. The number of anilines is 1. The van der Waals surface area contributed by atoms with Crippen molar-refractivity contribution in [3.63, 3.8) is 0 Å². The highest BCUT2D eigenvalue weighted by molar-refractivity contribution is 5.96. The van der Waals surface area contributed by atoms with Gasteiger partial charge in [-0.2, -0.15) is 0 Å². The molecule has 3 rings (SSSR count). The number of likely N-dealkylation sites (tertiary alicyclic amines) is 1. The van der Waals surface area contributed by atoms with E-state index >= 15 is 0 Å². The van der Waals surface area contributed by atoms with Crippen LogP contribution in [0, 0.1) is 5.41 Å². The topological polar surface area (TPSA) is 122 Å². The van der Waals surface area contributed by atoms with Crippen molar-refractivity contribution < 1.29 is 29.7 Å². The Hall–Kier alpha value is -2.81. The highest BCUT2D eigenvalue weighted by Gasteiger charge is 2.64. The zero-order valence-corrected chi connectivity index (χ0v) is 16.6. The Morgan fingerprint density at radius 2 is 1.59 bits per heavy atom. The van der Waals surface area contributed by atoms with Gasteiger partial charge in [-0.3, -0.25) is 14.5 Å². The van der Waals surface area contributed by atoms with Crippen LogP contribution in [0.15, 0.2) is 30.3 Å². The van der Waals surface area contributed by atoms with Gasteiger partial charge in [0.1, 0.15) is 5.54 Å². The Kier molecular flexibility index (Phi) is 5.44. The number of piperidine rings is 1. The van der Waals surface area contributed by atoms with Crippen LogP contribution in [0.3, 0.4) is 0 Å². The van der Waals surface area contributed by atoms with Crippen molar-refractivity contribution >= 4 is 23.7 Å². The number of nitrogens with zero attached hydrogens (tertiary/aromatic N) is 3. The number of amides is 2. The standard InChI is InChI=1S/C20H27N3O6/c1-19(17(26)27)12-15(24)13-23(18(28)29)20(19,2)16(25)22-10-8-21(9-11-22)14-6-4-3-5-7-14/h3-7,15,24H,8-13H2,1-2H3,(H,26,27)(H,28,29)/t15-,19+,20+/m0/s1. The number of benzene rings is 1. The number of carbonyl (C=O) groups is 3. The van der Waals surface area contributed by atoms with Gasteiger partial charge in [0.2, 0.25) is 5.91 Å². The summed E-state index contributed by atoms with van der Waals surface area (Å²) in [5.74, 6) is -1.84. The molecule has 0 aromatic heterocycles. The zero-order chi connectivity index (χ0) is 21.4. The predicted octanol–water partition coefficient (Wildman–Crippen LogP) is 0.929. The lowest BCUT2D eigenvalue weighted by Crippen LogP contribution is -2.74. The maximum Gasteiger partial charge on any atom is 0.408 e. The maximum absolute atomic E-state index is 13.5. The lowest BCUT2D eigenvalue weighted by atomic mass is 9.64. The van der Waals surface area contributed by atoms with Gasteiger partial charge >= 0.3 is 12.1 Å². The van der Waals surface area contributed by atoms with Crippen LogP contribution in [-0.2, 0) is 9.59 Å². The molecular formula is C20H27N3O6. The Labute approximate surface area is 169 Å². The number of carbonyl (C=O) groups excluding carboxylic acids is 1. The second kappa shape index (κ2) is 7.55. The largest absolute Gasteiger partial charge is 0.481 e. The first-order valence-corrected chi connectivity index (χ1v) is 9.62. The molecule has 0 bridgehead atoms. The van der Waals surface area contributed by atoms with E-state index in [4.69, 9.17) is 0 Å². The monoisotopic (exact) mass is 405 g/mol. The summed E-state index contributed by atoms with van der Waals surface area (Å²) in [7, 11) is 0. The van der Waals surface area contributed by atoms with Crippen LogP contribution < -0.4 is 4.90 Å². The molecule has 9 nitrogen and oxygen atoms in total. The molecule has 0 radical (unpaired) electrons. The summed E-state index contributed by atoms with van der Waals surface area (Å²) in [6.07, 6.45) is -2.77. The van der Waals surface area contributed by atoms with E-state index in [9.17, 15) is 29.7 Å². The van der Waals surface area contributed by atoms with Crippen molar-refractivity contribution in [1.82, 2.24) is 9.80 Å². The van der Waals surface area contributed by atoms with Crippen LogP contribution in [-0.4, -0.2) is 87.5 Å². The van der Waals surface area contributed by atoms with Gasteiger partial charge < -0.3 is 25.1 Å². The molecule has 1 aromatic rings. The van der Waals surface area contributed by atoms with Gasteiger partial charge in [0, 0.05) is 31.9 Å². The molecule has 0 spiro atoms. The van der Waals surface area contributed by atoms with Crippen molar-refractivity contribution in [2.75, 3.05) is 37.6 Å². The van der Waals surface area contributed by atoms with E-state index in [1.54, 1.807) is 0 Å². The summed E-state index contributed by atoms with van der Waals surface area (Å²) in [6.45, 7) is 4.24. The molecule has 0 saturated carbocycles. The maximum atomic E-state index is 13.5. The molecule has 1 aromatic carbocycles. The molecule has 2 fully saturated rings. The number of piperazine rings is 1. The summed E-state index contributed by atoms with van der Waals surface area (Å²) < 4.78 is 0. The minimum Gasteiger partial charge on any atom is -0.481 e. The number of carboxylic acids is 1. The van der Waals surface area contributed by atoms with E-state index in [1.807, 2.05) is 30.3 Å². The number of hydrogen-bond donors (Lipinski definition) is 3. The molecule has 0 aliphatic carbocycles. The third kappa shape index (κ3) is 3.39. The fourth-order valence-corrected chi connectivity index (χ4v) is 4.46. The van der Waals surface area contributed by atoms with Gasteiger partial charge in [0.15, 0.2) is 0 Å². The van der Waals surface area contributed by atoms with Crippen LogP contribution in [0.1, 0.15) is 20.3 Å². The predicted molar refractivity (Wildman–Crippen MR) is 105 cm³/mol. The van der Waals surface area contributed by atoms with Crippen LogP contribution in [0.5, 0.6) is 0 Å². The second-order valence-corrected chi connectivity index (χ2v) is 8.08. The SMILES string of the molecule is C[C@]1(C(=O)N2CCN(c3ccccc3)CC2)N(C(=O)O)C[C@@H](O)C[C@]1(C)C(=O)O. The second-order valence-electron chi connectivity index (χ2n) is 8.08. The third-order valence-corrected chi connectivity index (χ3v) is 6.46. The number of carboxylic acid groups (broad SMARTS) is 2. The lowest BCUT2D eigenvalue weighted by Gasteiger charge is -2.54. The van der Waals surface area contributed by atoms with Crippen molar-refractivity contribution in [2.45, 2.75) is 31.9 Å². The van der Waals surface area contributed by atoms with Gasteiger partial charge in [-0.25, -0.2) is 4.79 Å². The van der Waals surface area contributed by atoms with Crippen molar-refractivity contribution in [2.24, 2.45) is 5.41 Å². The van der Waals surface area contributed by atoms with Gasteiger partial charge in [-0.05, 0) is 32.4 Å². The highest BCUT2D eigenvalue weighted by atomic mass is 16.4. The van der Waals surface area contributed by atoms with Crippen LogP contribution in [0.25, 0.3) is 0 Å². The van der Waals surface area contributed by atoms with Gasteiger partial charge in [-0.15, -0.1) is 0 Å². The molecule has 9 heteroatoms. The molecule has 2 heterocycles.